The Morgan fingerprint density at radius 2 is 0.733 bits per heavy atom. The molecule has 0 aromatic heterocycles. The quantitative estimate of drug-likeness (QED) is 0.0386. The van der Waals surface area contributed by atoms with Gasteiger partial charge in [-0.05, 0) is 222 Å². The first-order valence-corrected chi connectivity index (χ1v) is 35.8. The molecule has 3 aliphatic carbocycles. The molecule has 578 valence electrons. The van der Waals surface area contributed by atoms with Gasteiger partial charge in [-0.25, -0.2) is 53.8 Å². The number of sulfonamides is 3. The fourth-order valence-electron chi connectivity index (χ4n) is 11.3. The minimum atomic E-state index is -4.72. The average molecular weight is 1540 g/mol. The molecule has 30 heteroatoms. The Bertz CT molecular complexity index is 4490. The molecule has 0 saturated carbocycles. The van der Waals surface area contributed by atoms with Gasteiger partial charge < -0.3 is 28.8 Å². The zero-order valence-corrected chi connectivity index (χ0v) is 58.5. The zero-order valence-electron chi connectivity index (χ0n) is 56.0. The van der Waals surface area contributed by atoms with Gasteiger partial charge in [-0.3, -0.25) is 0 Å². The van der Waals surface area contributed by atoms with Gasteiger partial charge >= 0.3 is 36.4 Å². The highest BCUT2D eigenvalue weighted by atomic mass is 32.2. The Hall–Kier alpha value is -8.55. The number of aliphatic carboxylic acids is 1. The number of carbonyl (C=O) groups excluding carboxylic acids is 2. The molecule has 0 bridgehead atoms. The van der Waals surface area contributed by atoms with Gasteiger partial charge in [0.25, 0.3) is 0 Å². The van der Waals surface area contributed by atoms with Crippen molar-refractivity contribution < 1.29 is 108 Å². The van der Waals surface area contributed by atoms with Crippen LogP contribution >= 0.6 is 0 Å². The van der Waals surface area contributed by atoms with Crippen molar-refractivity contribution >= 4 is 64.7 Å². The van der Waals surface area contributed by atoms with Gasteiger partial charge in [-0.1, -0.05) is 103 Å². The van der Waals surface area contributed by atoms with Crippen molar-refractivity contribution in [2.45, 2.75) is 186 Å². The molecule has 0 aliphatic heterocycles. The molecule has 0 radical (unpaired) electrons. The third-order valence-electron chi connectivity index (χ3n) is 16.1. The van der Waals surface area contributed by atoms with Crippen LogP contribution in [0, 0.1) is 0 Å². The molecule has 105 heavy (non-hydrogen) atoms. The number of nitrogens with one attached hydrogen (secondary N) is 3. The number of fused-ring (bicyclic) bond motifs is 3. The summed E-state index contributed by atoms with van der Waals surface area (Å²) in [6, 6.07) is 21.1. The SMILES string of the molecule is C.C.C.C.C=C(C)c1cc(C(F)(F)F)cc(S(=O)(=O)N[C@@H]2CCCc3c(OCC(=O)O)cccc32)c1.C=C(C)c1cc(C(F)(F)F)cc(S(=O)(=O)N[C@@H]2CCCc3c(OCC(=O)OC(C)(C)C)cccc32)c1.C=C(C)c1cc(C(F)(F)F)cc(S(=O)(=O)N[C@@H]2CCCc3c(OCC(=O)OC)cccc32)c1. The second-order valence-corrected chi connectivity index (χ2v) is 30.3. The second-order valence-electron chi connectivity index (χ2n) is 25.2. The topological polar surface area (TPSA) is 256 Å². The number of allylic oxidation sites excluding steroid dienone is 3. The monoisotopic (exact) mass is 1540 g/mol. The summed E-state index contributed by atoms with van der Waals surface area (Å²) in [5, 5.41) is 8.85. The number of rotatable bonds is 21. The van der Waals surface area contributed by atoms with Crippen LogP contribution in [0.3, 0.4) is 0 Å². The molecule has 3 atom stereocenters. The molecule has 9 rings (SSSR count). The number of carbonyl (C=O) groups is 3. The van der Waals surface area contributed by atoms with Crippen LogP contribution in [0.2, 0.25) is 0 Å². The summed E-state index contributed by atoms with van der Waals surface area (Å²) in [5.41, 5.74) is 1.39. The van der Waals surface area contributed by atoms with Gasteiger partial charge in [0, 0.05) is 18.1 Å². The lowest BCUT2D eigenvalue weighted by Gasteiger charge is -2.28. The van der Waals surface area contributed by atoms with E-state index in [1.54, 1.807) is 75.4 Å². The minimum Gasteiger partial charge on any atom is -0.482 e. The van der Waals surface area contributed by atoms with E-state index in [4.69, 9.17) is 24.1 Å². The van der Waals surface area contributed by atoms with E-state index < -0.39 is 128 Å². The number of carboxylic acids is 1. The normalized spacial score (nSPS) is 15.6. The van der Waals surface area contributed by atoms with Crippen molar-refractivity contribution in [3.8, 4) is 17.2 Å². The lowest BCUT2D eigenvalue weighted by atomic mass is 9.87. The summed E-state index contributed by atoms with van der Waals surface area (Å²) in [6.07, 6.45) is -9.20. The highest BCUT2D eigenvalue weighted by Crippen LogP contribution is 2.42. The van der Waals surface area contributed by atoms with Crippen LogP contribution in [0.25, 0.3) is 16.7 Å². The molecular formula is C75H92F9N3O15S3. The molecule has 0 spiro atoms. The van der Waals surface area contributed by atoms with Crippen LogP contribution in [0.15, 0.2) is 144 Å². The van der Waals surface area contributed by atoms with Gasteiger partial charge in [0.2, 0.25) is 30.1 Å². The Morgan fingerprint density at radius 3 is 0.981 bits per heavy atom. The molecular weight excluding hydrogens is 1450 g/mol. The number of hydrogen-bond donors (Lipinski definition) is 4. The highest BCUT2D eigenvalue weighted by Gasteiger charge is 2.38. The summed E-state index contributed by atoms with van der Waals surface area (Å²) in [6.45, 7) is 19.5. The molecule has 18 nitrogen and oxygen atoms in total. The number of hydrogen-bond acceptors (Lipinski definition) is 14. The smallest absolute Gasteiger partial charge is 0.416 e. The number of carboxylic acid groups (broad SMARTS) is 1. The Labute approximate surface area is 609 Å². The van der Waals surface area contributed by atoms with Gasteiger partial charge in [0.15, 0.2) is 19.8 Å². The number of benzene rings is 6. The molecule has 0 fully saturated rings. The van der Waals surface area contributed by atoms with E-state index in [1.807, 2.05) is 0 Å². The maximum absolute atomic E-state index is 13.4. The Balaban J connectivity index is 0.000000402. The Morgan fingerprint density at radius 1 is 0.457 bits per heavy atom. The first-order chi connectivity index (χ1) is 46.9. The van der Waals surface area contributed by atoms with E-state index in [1.165, 1.54) is 40.0 Å². The molecule has 0 heterocycles. The van der Waals surface area contributed by atoms with Crippen LogP contribution in [0.4, 0.5) is 39.5 Å². The fraction of sp³-hybridized carbons (Fsp3) is 0.400. The van der Waals surface area contributed by atoms with E-state index in [0.717, 1.165) is 35.4 Å². The standard InChI is InChI=1S/C26H30F3NO5S.C23H24F3NO5S.C22H22F3NO5S.4CH4/c1-16(2)17-12-18(26(27,28)29)14-19(13-17)36(32,33)30-22-10-6-9-21-20(22)8-7-11-23(21)34-15-24(31)35-25(3,4)5;1-14(2)15-10-16(23(24,25)26)12-17(11-15)33(29,30)27-20-8-4-7-19-18(20)6-5-9-21(19)32-13-22(28)31-3;1-13(2)14-9-15(22(23,24)25)11-16(10-14)32(29,30)26-19-7-3-6-18-17(19)5-4-8-20(18)31-12-21(27)28;;;;/h7-8,11-14,22,30H,1,6,9-10,15H2,2-5H3;5-6,9-12,20,27H,1,4,7-8,13H2,2-3H3;4-5,8-11,19,26H,1,3,6-7,12H2,2H3,(H,27,28);4*1H4/t22-;20-;19-;;;;/m111..../s1. The summed E-state index contributed by atoms with van der Waals surface area (Å²) in [4.78, 5) is 32.8. The number of alkyl halides is 9. The first kappa shape index (κ1) is 90.7. The van der Waals surface area contributed by atoms with Crippen LogP contribution in [0.5, 0.6) is 17.2 Å². The van der Waals surface area contributed by atoms with E-state index in [-0.39, 0.29) is 59.6 Å². The average Bonchev–Trinajstić information content (AvgIpc) is 0.787. The predicted molar refractivity (Wildman–Crippen MR) is 385 cm³/mol. The number of halogens is 9. The van der Waals surface area contributed by atoms with Crippen molar-refractivity contribution in [1.29, 1.82) is 0 Å². The summed E-state index contributed by atoms with van der Waals surface area (Å²) in [7, 11) is -11.7. The van der Waals surface area contributed by atoms with Crippen molar-refractivity contribution in [1.82, 2.24) is 14.2 Å². The van der Waals surface area contributed by atoms with Gasteiger partial charge in [-0.15, -0.1) is 0 Å². The maximum atomic E-state index is 13.4. The van der Waals surface area contributed by atoms with Crippen molar-refractivity contribution in [3.05, 3.63) is 196 Å². The largest absolute Gasteiger partial charge is 0.482 e. The molecule has 3 aliphatic rings. The molecule has 0 unspecified atom stereocenters. The van der Waals surface area contributed by atoms with E-state index >= 15 is 0 Å². The predicted octanol–water partition coefficient (Wildman–Crippen LogP) is 17.6. The zero-order chi connectivity index (χ0) is 75.0. The lowest BCUT2D eigenvalue weighted by Crippen LogP contribution is -2.31. The highest BCUT2D eigenvalue weighted by molar-refractivity contribution is 7.90. The second kappa shape index (κ2) is 36.6. The first-order valence-electron chi connectivity index (χ1n) is 31.3. The summed E-state index contributed by atoms with van der Waals surface area (Å²) < 4.78 is 233. The number of esters is 2. The number of ether oxygens (including phenoxy) is 5. The van der Waals surface area contributed by atoms with Crippen molar-refractivity contribution in [2.24, 2.45) is 0 Å². The molecule has 0 saturated heterocycles. The van der Waals surface area contributed by atoms with Crippen LogP contribution in [-0.4, -0.2) is 80.8 Å². The maximum Gasteiger partial charge on any atom is 0.416 e. The van der Waals surface area contributed by atoms with E-state index in [0.29, 0.717) is 132 Å². The van der Waals surface area contributed by atoms with E-state index in [2.05, 4.69) is 38.6 Å². The van der Waals surface area contributed by atoms with Crippen molar-refractivity contribution in [3.63, 3.8) is 0 Å². The summed E-state index contributed by atoms with van der Waals surface area (Å²) in [5.74, 6) is -1.02. The molecule has 6 aromatic carbocycles. The van der Waals surface area contributed by atoms with Gasteiger partial charge in [0.1, 0.15) is 22.8 Å². The van der Waals surface area contributed by atoms with Crippen LogP contribution in [0.1, 0.15) is 195 Å². The Kier molecular flexibility index (Phi) is 31.6. The fourth-order valence-corrected chi connectivity index (χ4v) is 15.3. The molecule has 4 N–H and O–H groups in total. The summed E-state index contributed by atoms with van der Waals surface area (Å²) >= 11 is 0. The van der Waals surface area contributed by atoms with Crippen molar-refractivity contribution in [2.75, 3.05) is 26.9 Å². The minimum absolute atomic E-state index is 0. The lowest BCUT2D eigenvalue weighted by molar-refractivity contribution is -0.157. The van der Waals surface area contributed by atoms with Crippen LogP contribution in [-0.2, 0) is 91.7 Å². The number of methoxy groups -OCH3 is 1. The third-order valence-corrected chi connectivity index (χ3v) is 20.4. The van der Waals surface area contributed by atoms with Crippen LogP contribution < -0.4 is 28.4 Å². The van der Waals surface area contributed by atoms with Gasteiger partial charge in [-0.2, -0.15) is 39.5 Å². The molecule has 0 amide bonds. The van der Waals surface area contributed by atoms with Gasteiger partial charge in [0.05, 0.1) is 38.5 Å². The van der Waals surface area contributed by atoms with E-state index in [9.17, 15) is 79.2 Å². The molecule has 6 aromatic rings. The third kappa shape index (κ3) is 24.5.